The van der Waals surface area contributed by atoms with Crippen LogP contribution in [-0.4, -0.2) is 66.1 Å². The maximum atomic E-state index is 6.02. The van der Waals surface area contributed by atoms with E-state index in [1.165, 1.54) is 11.1 Å². The minimum absolute atomic E-state index is 0.0529. The monoisotopic (exact) mass is 499 g/mol. The molecule has 1 aliphatic carbocycles. The molecule has 1 aliphatic heterocycles. The van der Waals surface area contributed by atoms with Crippen LogP contribution < -0.4 is 10.1 Å². The molecule has 192 valence electrons. The zero-order valence-electron chi connectivity index (χ0n) is 21.4. The Morgan fingerprint density at radius 2 is 1.89 bits per heavy atom. The molecule has 4 aromatic rings. The second kappa shape index (κ2) is 10.5. The van der Waals surface area contributed by atoms with E-state index in [-0.39, 0.29) is 6.10 Å². The summed E-state index contributed by atoms with van der Waals surface area (Å²) in [6.45, 7) is 3.64. The zero-order chi connectivity index (χ0) is 25.2. The summed E-state index contributed by atoms with van der Waals surface area (Å²) < 4.78 is 19.1. The Morgan fingerprint density at radius 1 is 1.03 bits per heavy atom. The van der Waals surface area contributed by atoms with Gasteiger partial charge in [0, 0.05) is 37.5 Å². The molecule has 37 heavy (non-hydrogen) atoms. The second-order valence-electron chi connectivity index (χ2n) is 9.68. The van der Waals surface area contributed by atoms with Crippen molar-refractivity contribution >= 4 is 17.2 Å². The molecule has 2 aromatic carbocycles. The Balaban J connectivity index is 1.27. The van der Waals surface area contributed by atoms with Crippen LogP contribution in [0.5, 0.6) is 5.75 Å². The van der Waals surface area contributed by atoms with Crippen molar-refractivity contribution in [1.82, 2.24) is 19.5 Å². The number of hydrogen-bond donors (Lipinski definition) is 1. The molecular weight excluding hydrogens is 466 g/mol. The molecule has 0 bridgehead atoms. The normalized spacial score (nSPS) is 20.4. The van der Waals surface area contributed by atoms with E-state index < -0.39 is 0 Å². The number of morpholine rings is 1. The van der Waals surface area contributed by atoms with Crippen LogP contribution in [0.2, 0.25) is 0 Å². The lowest BCUT2D eigenvalue weighted by atomic mass is 10.00. The molecule has 0 radical (unpaired) electrons. The molecule has 1 fully saturated rings. The largest absolute Gasteiger partial charge is 0.496 e. The standard InChI is InChI=1S/C29H33N5O3/c1-35-27-6-4-3-5-24(27)26-12-11-23-19-30-29(32-34(23)26)31-21-9-7-20-8-10-22(33-13-15-37-16-14-33)18-28(36-2)25(20)17-21/h3-7,9,11-12,17,19,22,28H,8,10,13-16,18H2,1-2H3,(H,31,32). The van der Waals surface area contributed by atoms with Crippen LogP contribution in [0.3, 0.4) is 0 Å². The molecule has 8 heteroatoms. The number of fused-ring (bicyclic) bond motifs is 2. The number of aromatic nitrogens is 3. The van der Waals surface area contributed by atoms with E-state index in [0.717, 1.165) is 73.8 Å². The zero-order valence-corrected chi connectivity index (χ0v) is 21.4. The van der Waals surface area contributed by atoms with Crippen molar-refractivity contribution < 1.29 is 14.2 Å². The van der Waals surface area contributed by atoms with Crippen molar-refractivity contribution in [1.29, 1.82) is 0 Å². The van der Waals surface area contributed by atoms with Crippen molar-refractivity contribution in [3.63, 3.8) is 0 Å². The minimum Gasteiger partial charge on any atom is -0.496 e. The number of rotatable bonds is 6. The maximum absolute atomic E-state index is 6.02. The summed E-state index contributed by atoms with van der Waals surface area (Å²) in [5, 5.41) is 8.24. The Hall–Kier alpha value is -3.46. The fourth-order valence-corrected chi connectivity index (χ4v) is 5.66. The number of ether oxygens (including phenoxy) is 3. The van der Waals surface area contributed by atoms with Crippen molar-refractivity contribution in [2.75, 3.05) is 45.8 Å². The first kappa shape index (κ1) is 23.9. The lowest BCUT2D eigenvalue weighted by Gasteiger charge is -2.35. The summed E-state index contributed by atoms with van der Waals surface area (Å²) in [5.41, 5.74) is 6.41. The van der Waals surface area contributed by atoms with Gasteiger partial charge in [0.2, 0.25) is 5.95 Å². The highest BCUT2D eigenvalue weighted by molar-refractivity contribution is 5.72. The Labute approximate surface area is 217 Å². The molecule has 0 amide bonds. The number of para-hydroxylation sites is 1. The Bertz CT molecular complexity index is 1380. The van der Waals surface area contributed by atoms with E-state index in [0.29, 0.717) is 12.0 Å². The molecule has 2 aliphatic rings. The molecule has 2 unspecified atom stereocenters. The second-order valence-corrected chi connectivity index (χ2v) is 9.68. The third-order valence-corrected chi connectivity index (χ3v) is 7.61. The van der Waals surface area contributed by atoms with Gasteiger partial charge in [0.05, 0.1) is 43.8 Å². The van der Waals surface area contributed by atoms with Gasteiger partial charge in [0.15, 0.2) is 0 Å². The molecule has 0 saturated carbocycles. The van der Waals surface area contributed by atoms with Crippen molar-refractivity contribution in [2.45, 2.75) is 31.4 Å². The van der Waals surface area contributed by atoms with Gasteiger partial charge in [-0.15, -0.1) is 5.10 Å². The van der Waals surface area contributed by atoms with Gasteiger partial charge in [0.1, 0.15) is 5.75 Å². The first-order chi connectivity index (χ1) is 18.2. The van der Waals surface area contributed by atoms with Crippen molar-refractivity contribution in [3.05, 3.63) is 71.9 Å². The number of hydrogen-bond acceptors (Lipinski definition) is 7. The topological polar surface area (TPSA) is 73.1 Å². The SMILES string of the molecule is COc1ccccc1-c1ccc2cnc(Nc3ccc4c(c3)C(OC)CC(N3CCOCC3)CC4)nn12. The van der Waals surface area contributed by atoms with Crippen LogP contribution >= 0.6 is 0 Å². The number of benzene rings is 2. The minimum atomic E-state index is 0.0529. The highest BCUT2D eigenvalue weighted by Crippen LogP contribution is 2.36. The Morgan fingerprint density at radius 3 is 2.73 bits per heavy atom. The number of nitrogens with zero attached hydrogens (tertiary/aromatic N) is 4. The smallest absolute Gasteiger partial charge is 0.245 e. The molecule has 6 rings (SSSR count). The quantitative estimate of drug-likeness (QED) is 0.379. The molecule has 0 spiro atoms. The number of nitrogens with one attached hydrogen (secondary N) is 1. The molecule has 2 aromatic heterocycles. The van der Waals surface area contributed by atoms with E-state index in [4.69, 9.17) is 19.3 Å². The van der Waals surface area contributed by atoms with Gasteiger partial charge >= 0.3 is 0 Å². The highest BCUT2D eigenvalue weighted by Gasteiger charge is 2.29. The van der Waals surface area contributed by atoms with Gasteiger partial charge in [-0.3, -0.25) is 4.90 Å². The van der Waals surface area contributed by atoms with E-state index in [1.54, 1.807) is 7.11 Å². The molecule has 8 nitrogen and oxygen atoms in total. The summed E-state index contributed by atoms with van der Waals surface area (Å²) in [4.78, 5) is 7.14. The molecule has 1 N–H and O–H groups in total. The first-order valence-corrected chi connectivity index (χ1v) is 13.0. The summed E-state index contributed by atoms with van der Waals surface area (Å²) >= 11 is 0. The van der Waals surface area contributed by atoms with Gasteiger partial charge in [-0.1, -0.05) is 18.2 Å². The number of methoxy groups -OCH3 is 2. The Kier molecular flexibility index (Phi) is 6.78. The van der Waals surface area contributed by atoms with Crippen LogP contribution in [-0.2, 0) is 15.9 Å². The lowest BCUT2D eigenvalue weighted by molar-refractivity contribution is -0.00306. The number of aryl methyl sites for hydroxylation is 1. The van der Waals surface area contributed by atoms with Gasteiger partial charge in [-0.2, -0.15) is 0 Å². The summed E-state index contributed by atoms with van der Waals surface area (Å²) in [6.07, 6.45) is 5.06. The predicted molar refractivity (Wildman–Crippen MR) is 144 cm³/mol. The summed E-state index contributed by atoms with van der Waals surface area (Å²) in [6, 6.07) is 19.1. The average Bonchev–Trinajstić information content (AvgIpc) is 3.27. The van der Waals surface area contributed by atoms with E-state index in [9.17, 15) is 0 Å². The van der Waals surface area contributed by atoms with Crippen LogP contribution in [0.25, 0.3) is 16.8 Å². The summed E-state index contributed by atoms with van der Waals surface area (Å²) in [7, 11) is 3.50. The third-order valence-electron chi connectivity index (χ3n) is 7.61. The fourth-order valence-electron chi connectivity index (χ4n) is 5.66. The van der Waals surface area contributed by atoms with E-state index >= 15 is 0 Å². The molecular formula is C29H33N5O3. The van der Waals surface area contributed by atoms with Gasteiger partial charge in [-0.25, -0.2) is 9.50 Å². The van der Waals surface area contributed by atoms with Crippen molar-refractivity contribution in [3.8, 4) is 17.0 Å². The average molecular weight is 500 g/mol. The van der Waals surface area contributed by atoms with Crippen LogP contribution in [0.4, 0.5) is 11.6 Å². The molecule has 2 atom stereocenters. The molecule has 3 heterocycles. The highest BCUT2D eigenvalue weighted by atomic mass is 16.5. The van der Waals surface area contributed by atoms with Gasteiger partial charge in [-0.05, 0) is 66.8 Å². The number of anilines is 2. The van der Waals surface area contributed by atoms with Gasteiger partial charge < -0.3 is 19.5 Å². The van der Waals surface area contributed by atoms with E-state index in [2.05, 4.69) is 33.4 Å². The van der Waals surface area contributed by atoms with E-state index in [1.807, 2.05) is 54.2 Å². The van der Waals surface area contributed by atoms with Crippen molar-refractivity contribution in [2.24, 2.45) is 0 Å². The lowest BCUT2D eigenvalue weighted by Crippen LogP contribution is -2.44. The molecule has 1 saturated heterocycles. The van der Waals surface area contributed by atoms with Crippen LogP contribution in [0.15, 0.2) is 60.8 Å². The van der Waals surface area contributed by atoms with Crippen LogP contribution in [0, 0.1) is 0 Å². The van der Waals surface area contributed by atoms with Crippen LogP contribution in [0.1, 0.15) is 30.1 Å². The fraction of sp³-hybridized carbons (Fsp3) is 0.379. The predicted octanol–water partition coefficient (Wildman–Crippen LogP) is 4.87. The first-order valence-electron chi connectivity index (χ1n) is 13.0. The maximum Gasteiger partial charge on any atom is 0.245 e. The third kappa shape index (κ3) is 4.80. The summed E-state index contributed by atoms with van der Waals surface area (Å²) in [5.74, 6) is 1.34. The van der Waals surface area contributed by atoms with Gasteiger partial charge in [0.25, 0.3) is 0 Å².